The standard InChI is InChI=1S/C11H16NO3P/c1-9(11(13)14-2)12-16(3)15-10-7-5-4-6-8-10/h4-9,12H,1-3H3/t9-,16?/m0/s1. The van der Waals surface area contributed by atoms with Gasteiger partial charge in [0.15, 0.2) is 8.30 Å². The highest BCUT2D eigenvalue weighted by molar-refractivity contribution is 7.49. The molecular formula is C11H16NO3P. The zero-order valence-corrected chi connectivity index (χ0v) is 10.5. The molecule has 0 aromatic heterocycles. The van der Waals surface area contributed by atoms with Gasteiger partial charge in [0.25, 0.3) is 0 Å². The molecule has 0 saturated carbocycles. The highest BCUT2D eigenvalue weighted by atomic mass is 31.2. The summed E-state index contributed by atoms with van der Waals surface area (Å²) in [5, 5.41) is 3.05. The van der Waals surface area contributed by atoms with Crippen molar-refractivity contribution in [3.05, 3.63) is 30.3 Å². The van der Waals surface area contributed by atoms with Crippen molar-refractivity contribution in [2.24, 2.45) is 0 Å². The summed E-state index contributed by atoms with van der Waals surface area (Å²) in [4.78, 5) is 11.2. The molecule has 88 valence electrons. The molecule has 0 amide bonds. The molecule has 1 rings (SSSR count). The monoisotopic (exact) mass is 241 g/mol. The Bertz CT molecular complexity index is 331. The lowest BCUT2D eigenvalue weighted by Gasteiger charge is -2.18. The quantitative estimate of drug-likeness (QED) is 0.634. The van der Waals surface area contributed by atoms with E-state index in [4.69, 9.17) is 4.52 Å². The predicted octanol–water partition coefficient (Wildman–Crippen LogP) is 2.16. The molecule has 0 aliphatic rings. The number of methoxy groups -OCH3 is 1. The predicted molar refractivity (Wildman–Crippen MR) is 64.5 cm³/mol. The molecule has 0 aliphatic heterocycles. The van der Waals surface area contributed by atoms with Crippen LogP contribution in [0.4, 0.5) is 0 Å². The van der Waals surface area contributed by atoms with Crippen LogP contribution in [0.15, 0.2) is 30.3 Å². The number of nitrogens with one attached hydrogen (secondary N) is 1. The first-order chi connectivity index (χ1) is 7.63. The van der Waals surface area contributed by atoms with Crippen molar-refractivity contribution in [3.8, 4) is 5.75 Å². The van der Waals surface area contributed by atoms with Gasteiger partial charge in [0.2, 0.25) is 0 Å². The first-order valence-electron chi connectivity index (χ1n) is 4.94. The lowest BCUT2D eigenvalue weighted by molar-refractivity contribution is -0.142. The molecule has 0 radical (unpaired) electrons. The summed E-state index contributed by atoms with van der Waals surface area (Å²) in [5.74, 6) is 0.506. The minimum absolute atomic E-state index is 0.286. The zero-order chi connectivity index (χ0) is 12.0. The Balaban J connectivity index is 2.42. The van der Waals surface area contributed by atoms with E-state index < -0.39 is 8.30 Å². The number of carbonyl (C=O) groups is 1. The molecule has 0 heterocycles. The van der Waals surface area contributed by atoms with Crippen molar-refractivity contribution in [2.75, 3.05) is 13.8 Å². The van der Waals surface area contributed by atoms with E-state index in [1.54, 1.807) is 6.92 Å². The Morgan fingerprint density at radius 2 is 2.00 bits per heavy atom. The van der Waals surface area contributed by atoms with Crippen LogP contribution in [0.25, 0.3) is 0 Å². The number of para-hydroxylation sites is 1. The fourth-order valence-electron chi connectivity index (χ4n) is 1.17. The first kappa shape index (κ1) is 12.9. The maximum Gasteiger partial charge on any atom is 0.322 e. The fraction of sp³-hybridized carbons (Fsp3) is 0.364. The molecule has 0 aliphatic carbocycles. The molecule has 0 bridgehead atoms. The third-order valence-corrected chi connectivity index (χ3v) is 3.15. The molecule has 1 aromatic rings. The third kappa shape index (κ3) is 4.17. The van der Waals surface area contributed by atoms with Gasteiger partial charge < -0.3 is 9.26 Å². The fourth-order valence-corrected chi connectivity index (χ4v) is 2.31. The molecular weight excluding hydrogens is 225 g/mol. The van der Waals surface area contributed by atoms with E-state index in [1.165, 1.54) is 7.11 Å². The van der Waals surface area contributed by atoms with E-state index >= 15 is 0 Å². The van der Waals surface area contributed by atoms with Crippen LogP contribution in [-0.4, -0.2) is 25.8 Å². The van der Waals surface area contributed by atoms with Crippen LogP contribution >= 0.6 is 8.30 Å². The average molecular weight is 241 g/mol. The molecule has 0 fully saturated rings. The van der Waals surface area contributed by atoms with Crippen molar-refractivity contribution < 1.29 is 14.1 Å². The minimum Gasteiger partial charge on any atom is -0.468 e. The summed E-state index contributed by atoms with van der Waals surface area (Å²) in [6.45, 7) is 3.65. The molecule has 1 unspecified atom stereocenters. The number of hydrogen-bond donors (Lipinski definition) is 1. The molecule has 16 heavy (non-hydrogen) atoms. The SMILES string of the molecule is COC(=O)[C@H](C)NP(C)Oc1ccccc1. The number of carbonyl (C=O) groups excluding carboxylic acids is 1. The summed E-state index contributed by atoms with van der Waals surface area (Å²) in [6, 6.07) is 9.14. The number of esters is 1. The number of rotatable bonds is 5. The summed E-state index contributed by atoms with van der Waals surface area (Å²) in [6.07, 6.45) is 0. The van der Waals surface area contributed by atoms with Gasteiger partial charge in [-0.25, -0.2) is 0 Å². The van der Waals surface area contributed by atoms with Crippen molar-refractivity contribution in [3.63, 3.8) is 0 Å². The van der Waals surface area contributed by atoms with Crippen LogP contribution in [0, 0.1) is 0 Å². The Labute approximate surface area is 96.8 Å². The average Bonchev–Trinajstić information content (AvgIpc) is 2.29. The third-order valence-electron chi connectivity index (χ3n) is 1.92. The van der Waals surface area contributed by atoms with Crippen LogP contribution in [-0.2, 0) is 9.53 Å². The largest absolute Gasteiger partial charge is 0.468 e. The minimum atomic E-state index is -0.885. The summed E-state index contributed by atoms with van der Waals surface area (Å²) >= 11 is 0. The molecule has 1 aromatic carbocycles. The Morgan fingerprint density at radius 1 is 1.38 bits per heavy atom. The normalized spacial score (nSPS) is 13.9. The van der Waals surface area contributed by atoms with E-state index in [-0.39, 0.29) is 12.0 Å². The van der Waals surface area contributed by atoms with Gasteiger partial charge >= 0.3 is 5.97 Å². The second-order valence-corrected chi connectivity index (χ2v) is 4.71. The summed E-state index contributed by atoms with van der Waals surface area (Å²) < 4.78 is 10.2. The second-order valence-electron chi connectivity index (χ2n) is 3.28. The van der Waals surface area contributed by atoms with Crippen molar-refractivity contribution >= 4 is 14.3 Å². The van der Waals surface area contributed by atoms with Gasteiger partial charge in [0.1, 0.15) is 11.8 Å². The lowest BCUT2D eigenvalue weighted by atomic mass is 10.3. The van der Waals surface area contributed by atoms with Crippen LogP contribution in [0.2, 0.25) is 0 Å². The number of ether oxygens (including phenoxy) is 1. The Morgan fingerprint density at radius 3 is 2.56 bits per heavy atom. The van der Waals surface area contributed by atoms with Crippen LogP contribution in [0.5, 0.6) is 5.75 Å². The van der Waals surface area contributed by atoms with Gasteiger partial charge in [-0.05, 0) is 19.1 Å². The topological polar surface area (TPSA) is 47.6 Å². The summed E-state index contributed by atoms with van der Waals surface area (Å²) in [7, 11) is 0.486. The Hall–Kier alpha value is -1.12. The van der Waals surface area contributed by atoms with Crippen molar-refractivity contribution in [1.82, 2.24) is 5.09 Å². The smallest absolute Gasteiger partial charge is 0.322 e. The van der Waals surface area contributed by atoms with Gasteiger partial charge in [-0.1, -0.05) is 18.2 Å². The highest BCUT2D eigenvalue weighted by Gasteiger charge is 2.16. The van der Waals surface area contributed by atoms with Crippen molar-refractivity contribution in [2.45, 2.75) is 13.0 Å². The van der Waals surface area contributed by atoms with Crippen molar-refractivity contribution in [1.29, 1.82) is 0 Å². The maximum atomic E-state index is 11.2. The second kappa shape index (κ2) is 6.46. The molecule has 2 atom stereocenters. The number of benzene rings is 1. The van der Waals surface area contributed by atoms with E-state index in [0.717, 1.165) is 5.75 Å². The molecule has 0 spiro atoms. The molecule has 0 saturated heterocycles. The Kier molecular flexibility index (Phi) is 5.23. The highest BCUT2D eigenvalue weighted by Crippen LogP contribution is 2.30. The zero-order valence-electron chi connectivity index (χ0n) is 9.64. The van der Waals surface area contributed by atoms with E-state index in [1.807, 2.05) is 37.0 Å². The molecule has 5 heteroatoms. The van der Waals surface area contributed by atoms with E-state index in [0.29, 0.717) is 0 Å². The molecule has 1 N–H and O–H groups in total. The van der Waals surface area contributed by atoms with Gasteiger partial charge in [-0.15, -0.1) is 0 Å². The maximum absolute atomic E-state index is 11.2. The summed E-state index contributed by atoms with van der Waals surface area (Å²) in [5.41, 5.74) is 0. The van der Waals surface area contributed by atoms with Gasteiger partial charge in [-0.3, -0.25) is 9.88 Å². The molecule has 4 nitrogen and oxygen atoms in total. The van der Waals surface area contributed by atoms with Gasteiger partial charge in [0.05, 0.1) is 7.11 Å². The van der Waals surface area contributed by atoms with Gasteiger partial charge in [-0.2, -0.15) is 0 Å². The number of hydrogen-bond acceptors (Lipinski definition) is 4. The van der Waals surface area contributed by atoms with Crippen LogP contribution in [0.3, 0.4) is 0 Å². The van der Waals surface area contributed by atoms with Crippen LogP contribution in [0.1, 0.15) is 6.92 Å². The first-order valence-corrected chi connectivity index (χ1v) is 6.65. The lowest BCUT2D eigenvalue weighted by Crippen LogP contribution is -2.32. The van der Waals surface area contributed by atoms with Crippen LogP contribution < -0.4 is 9.61 Å². The van der Waals surface area contributed by atoms with E-state index in [9.17, 15) is 4.79 Å². The van der Waals surface area contributed by atoms with Gasteiger partial charge in [0, 0.05) is 6.66 Å². The van der Waals surface area contributed by atoms with E-state index in [2.05, 4.69) is 9.82 Å².